The zero-order valence-electron chi connectivity index (χ0n) is 28.5. The molecule has 8 aromatic rings. The molecule has 1 aromatic heterocycles. The van der Waals surface area contributed by atoms with E-state index in [0.29, 0.717) is 11.8 Å². The number of hydrogen-bond donors (Lipinski definition) is 0. The van der Waals surface area contributed by atoms with Gasteiger partial charge in [-0.2, -0.15) is 0 Å². The van der Waals surface area contributed by atoms with Crippen LogP contribution in [0.1, 0.15) is 28.7 Å². The molecule has 2 heteroatoms. The Kier molecular flexibility index (Phi) is 5.82. The summed E-state index contributed by atoms with van der Waals surface area (Å²) in [6.07, 6.45) is 6.26. The van der Waals surface area contributed by atoms with Crippen LogP contribution in [0.15, 0.2) is 182 Å². The number of anilines is 3. The van der Waals surface area contributed by atoms with Gasteiger partial charge in [-0.05, 0) is 122 Å². The van der Waals surface area contributed by atoms with Crippen molar-refractivity contribution in [1.82, 2.24) is 0 Å². The first-order valence-electron chi connectivity index (χ1n) is 18.4. The Morgan fingerprint density at radius 2 is 1.13 bits per heavy atom. The molecule has 4 aliphatic carbocycles. The van der Waals surface area contributed by atoms with Gasteiger partial charge in [0.1, 0.15) is 0 Å². The van der Waals surface area contributed by atoms with Gasteiger partial charge < -0.3 is 4.90 Å². The highest BCUT2D eigenvalue weighted by Gasteiger charge is 2.57. The van der Waals surface area contributed by atoms with Gasteiger partial charge in [-0.1, -0.05) is 127 Å². The van der Waals surface area contributed by atoms with E-state index < -0.39 is 0 Å². The number of thiophene rings is 1. The lowest BCUT2D eigenvalue weighted by molar-refractivity contribution is 0.779. The topological polar surface area (TPSA) is 3.24 Å². The number of allylic oxidation sites excluding steroid dienone is 4. The van der Waals surface area contributed by atoms with E-state index in [9.17, 15) is 0 Å². The Hall–Kier alpha value is -5.96. The van der Waals surface area contributed by atoms with E-state index >= 15 is 0 Å². The fraction of sp³-hybridized carbons (Fsp3) is 0.0800. The number of rotatable bonds is 4. The Morgan fingerprint density at radius 3 is 2.00 bits per heavy atom. The summed E-state index contributed by atoms with van der Waals surface area (Å²) in [5, 5.41) is 2.62. The van der Waals surface area contributed by atoms with Gasteiger partial charge in [0.2, 0.25) is 0 Å². The zero-order chi connectivity index (χ0) is 34.0. The number of fused-ring (bicyclic) bond motifs is 14. The van der Waals surface area contributed by atoms with E-state index in [1.165, 1.54) is 82.4 Å². The van der Waals surface area contributed by atoms with Gasteiger partial charge >= 0.3 is 0 Å². The molecule has 7 aromatic carbocycles. The van der Waals surface area contributed by atoms with Crippen molar-refractivity contribution >= 4 is 54.1 Å². The minimum absolute atomic E-state index is 0.339. The Morgan fingerprint density at radius 1 is 0.500 bits per heavy atom. The van der Waals surface area contributed by atoms with Crippen LogP contribution in [0.2, 0.25) is 0 Å². The van der Waals surface area contributed by atoms with Crippen LogP contribution in [0.4, 0.5) is 17.1 Å². The number of hydrogen-bond acceptors (Lipinski definition) is 2. The summed E-state index contributed by atoms with van der Waals surface area (Å²) in [6, 6.07) is 61.4. The van der Waals surface area contributed by atoms with Crippen LogP contribution in [0.5, 0.6) is 0 Å². The zero-order valence-corrected chi connectivity index (χ0v) is 29.3. The van der Waals surface area contributed by atoms with Crippen LogP contribution in [0.25, 0.3) is 48.0 Å². The third-order valence-corrected chi connectivity index (χ3v) is 13.3. The molecule has 0 amide bonds. The Labute approximate surface area is 307 Å². The summed E-state index contributed by atoms with van der Waals surface area (Å²) in [7, 11) is 0. The molecule has 12 rings (SSSR count). The molecule has 3 atom stereocenters. The standard InChI is InChI=1S/C50H33NS/c1-2-10-31(11-3-1)32-18-21-34(22-19-32)51(35-24-27-48-42(29-35)39-13-6-9-17-47(39)52-48)36-23-25-38-37-12-4-7-15-43(37)50(46(38)30-36)44-16-8-5-14-40(44)49-41-28-33(41)20-26-45(49)50/h1-27,29-30,33,41H,28H2. The van der Waals surface area contributed by atoms with E-state index in [1.54, 1.807) is 5.57 Å². The van der Waals surface area contributed by atoms with Crippen molar-refractivity contribution in [2.45, 2.75) is 11.8 Å². The lowest BCUT2D eigenvalue weighted by Gasteiger charge is -2.33. The maximum Gasteiger partial charge on any atom is 0.0723 e. The minimum Gasteiger partial charge on any atom is -0.310 e. The first-order valence-corrected chi connectivity index (χ1v) is 19.2. The highest BCUT2D eigenvalue weighted by Crippen LogP contribution is 2.68. The van der Waals surface area contributed by atoms with Crippen molar-refractivity contribution in [1.29, 1.82) is 0 Å². The molecule has 0 N–H and O–H groups in total. The van der Waals surface area contributed by atoms with Crippen molar-refractivity contribution in [2.24, 2.45) is 11.8 Å². The van der Waals surface area contributed by atoms with Gasteiger partial charge in [0.05, 0.1) is 5.41 Å². The van der Waals surface area contributed by atoms with Crippen LogP contribution in [0.3, 0.4) is 0 Å². The molecule has 1 fully saturated rings. The second kappa shape index (κ2) is 10.5. The van der Waals surface area contributed by atoms with Crippen molar-refractivity contribution in [3.8, 4) is 22.3 Å². The normalized spacial score (nSPS) is 20.2. The molecule has 0 aliphatic heterocycles. The minimum atomic E-state index is -0.339. The summed E-state index contributed by atoms with van der Waals surface area (Å²) >= 11 is 1.87. The van der Waals surface area contributed by atoms with Crippen LogP contribution in [-0.4, -0.2) is 0 Å². The smallest absolute Gasteiger partial charge is 0.0723 e. The summed E-state index contributed by atoms with van der Waals surface area (Å²) in [6.45, 7) is 0. The number of nitrogens with zero attached hydrogens (tertiary/aromatic N) is 1. The average molecular weight is 680 g/mol. The molecule has 1 saturated carbocycles. The molecule has 0 radical (unpaired) electrons. The monoisotopic (exact) mass is 679 g/mol. The lowest BCUT2D eigenvalue weighted by atomic mass is 9.69. The van der Waals surface area contributed by atoms with E-state index in [2.05, 4.69) is 181 Å². The molecule has 244 valence electrons. The van der Waals surface area contributed by atoms with Gasteiger partial charge in [0.25, 0.3) is 0 Å². The summed E-state index contributed by atoms with van der Waals surface area (Å²) in [4.78, 5) is 2.47. The van der Waals surface area contributed by atoms with Gasteiger partial charge in [0.15, 0.2) is 0 Å². The molecule has 52 heavy (non-hydrogen) atoms. The van der Waals surface area contributed by atoms with Crippen molar-refractivity contribution in [3.63, 3.8) is 0 Å². The SMILES string of the molecule is C1=CC2CC2C2=C1C1(c3ccccc32)c2ccccc2-c2ccc(N(c3ccc(-c4ccccc4)cc3)c3ccc4sc5ccccc5c4c3)cc21. The van der Waals surface area contributed by atoms with E-state index in [0.717, 1.165) is 11.4 Å². The molecule has 0 bridgehead atoms. The maximum atomic E-state index is 2.52. The third-order valence-electron chi connectivity index (χ3n) is 12.2. The highest BCUT2D eigenvalue weighted by molar-refractivity contribution is 7.25. The predicted molar refractivity (Wildman–Crippen MR) is 219 cm³/mol. The Bertz CT molecular complexity index is 2840. The van der Waals surface area contributed by atoms with Crippen molar-refractivity contribution in [2.75, 3.05) is 4.90 Å². The quantitative estimate of drug-likeness (QED) is 0.179. The first-order chi connectivity index (χ1) is 25.8. The van der Waals surface area contributed by atoms with Crippen LogP contribution < -0.4 is 4.90 Å². The van der Waals surface area contributed by atoms with Gasteiger partial charge in [-0.15, -0.1) is 11.3 Å². The van der Waals surface area contributed by atoms with Crippen molar-refractivity contribution < 1.29 is 0 Å². The molecule has 1 nitrogen and oxygen atoms in total. The van der Waals surface area contributed by atoms with Crippen LogP contribution in [0, 0.1) is 11.8 Å². The molecule has 4 aliphatic rings. The molecule has 3 unspecified atom stereocenters. The van der Waals surface area contributed by atoms with E-state index in [4.69, 9.17) is 0 Å². The second-order valence-corrected chi connectivity index (χ2v) is 15.9. The summed E-state index contributed by atoms with van der Waals surface area (Å²) in [5.74, 6) is 1.31. The molecule has 0 saturated heterocycles. The molecule has 1 heterocycles. The highest BCUT2D eigenvalue weighted by atomic mass is 32.1. The van der Waals surface area contributed by atoms with Gasteiger partial charge in [-0.3, -0.25) is 0 Å². The van der Waals surface area contributed by atoms with Crippen LogP contribution >= 0.6 is 11.3 Å². The summed E-state index contributed by atoms with van der Waals surface area (Å²) in [5.41, 5.74) is 17.0. The van der Waals surface area contributed by atoms with E-state index in [1.807, 2.05) is 11.3 Å². The lowest BCUT2D eigenvalue weighted by Crippen LogP contribution is -2.27. The maximum absolute atomic E-state index is 2.52. The summed E-state index contributed by atoms with van der Waals surface area (Å²) < 4.78 is 2.64. The first kappa shape index (κ1) is 28.7. The van der Waals surface area contributed by atoms with Crippen LogP contribution in [-0.2, 0) is 5.41 Å². The average Bonchev–Trinajstić information content (AvgIpc) is 3.71. The second-order valence-electron chi connectivity index (χ2n) is 14.8. The molecular formula is C50H33NS. The van der Waals surface area contributed by atoms with Gasteiger partial charge in [-0.25, -0.2) is 0 Å². The van der Waals surface area contributed by atoms with E-state index in [-0.39, 0.29) is 5.41 Å². The fourth-order valence-corrected chi connectivity index (χ4v) is 10.9. The fourth-order valence-electron chi connectivity index (χ4n) is 9.85. The largest absolute Gasteiger partial charge is 0.310 e. The number of benzene rings is 7. The molecular weight excluding hydrogens is 647 g/mol. The molecule has 1 spiro atoms. The third kappa shape index (κ3) is 3.83. The Balaban J connectivity index is 1.11. The van der Waals surface area contributed by atoms with Gasteiger partial charge in [0, 0.05) is 37.2 Å². The van der Waals surface area contributed by atoms with Crippen molar-refractivity contribution in [3.05, 3.63) is 204 Å². The predicted octanol–water partition coefficient (Wildman–Crippen LogP) is 13.5.